The Labute approximate surface area is 459 Å². The fourth-order valence-electron chi connectivity index (χ4n) is 12.5. The van der Waals surface area contributed by atoms with Crippen LogP contribution in [0.25, 0.3) is 77.8 Å². The molecule has 0 fully saturated rings. The number of anilines is 3. The first-order valence-corrected chi connectivity index (χ1v) is 27.9. The number of hydrogen-bond donors (Lipinski definition) is 0. The van der Waals surface area contributed by atoms with E-state index in [4.69, 9.17) is 0 Å². The average Bonchev–Trinajstić information content (AvgIpc) is 3.50. The van der Waals surface area contributed by atoms with Crippen LogP contribution >= 0.6 is 0 Å². The molecule has 3 heterocycles. The molecule has 2 nitrogen and oxygen atoms in total. The van der Waals surface area contributed by atoms with Gasteiger partial charge >= 0.3 is 6.85 Å². The highest BCUT2D eigenvalue weighted by Gasteiger charge is 2.45. The Kier molecular flexibility index (Phi) is 11.7. The van der Waals surface area contributed by atoms with Crippen molar-refractivity contribution in [3.8, 4) is 66.9 Å². The third-order valence-electron chi connectivity index (χ3n) is 16.9. The first-order chi connectivity index (χ1) is 36.5. The van der Waals surface area contributed by atoms with Crippen molar-refractivity contribution < 1.29 is 0 Å². The molecule has 3 heteroatoms. The third-order valence-corrected chi connectivity index (χ3v) is 16.9. The topological polar surface area (TPSA) is 8.17 Å². The van der Waals surface area contributed by atoms with E-state index < -0.39 is 0 Å². The number of hydrogen-bond acceptors (Lipinski definition) is 1. The standard InChI is InChI=1S/C74H73BN2/c1-46-19-18-20-47(2)66(46)67-62-45-58(74(12,13)14)44-61-60-41-54(51-27-36-57(37-28-51)73(9,10)11)43-65-68(60)75(77(70(61)62)69(67)52-21-16-15-17-22-52)63-42-53(50-25-34-56(35-26-50)72(6,7)8)31-40-64(63)76(65)59-38-29-49(30-39-59)48-23-32-55(33-24-48)71(3,4)5/h15-45H,1-14H3. The normalized spacial score (nSPS) is 13.3. The van der Waals surface area contributed by atoms with Crippen molar-refractivity contribution in [3.05, 3.63) is 221 Å². The molecule has 9 aromatic carbocycles. The summed E-state index contributed by atoms with van der Waals surface area (Å²) in [5.41, 5.74) is 30.4. The Morgan fingerprint density at radius 2 is 0.831 bits per heavy atom. The van der Waals surface area contributed by atoms with E-state index >= 15 is 0 Å². The van der Waals surface area contributed by atoms with Gasteiger partial charge in [-0.3, -0.25) is 0 Å². The fourth-order valence-corrected chi connectivity index (χ4v) is 12.5. The molecule has 2 aliphatic rings. The van der Waals surface area contributed by atoms with Crippen molar-refractivity contribution in [3.63, 3.8) is 0 Å². The lowest BCUT2D eigenvalue weighted by molar-refractivity contribution is 0.590. The molecule has 0 amide bonds. The molecule has 2 aliphatic heterocycles. The molecule has 0 unspecified atom stereocenters. The van der Waals surface area contributed by atoms with Crippen LogP contribution in [0, 0.1) is 13.8 Å². The number of benzene rings is 9. The van der Waals surface area contributed by atoms with Crippen LogP contribution in [0.2, 0.25) is 0 Å². The summed E-state index contributed by atoms with van der Waals surface area (Å²) in [7, 11) is 0. The van der Waals surface area contributed by atoms with Crippen molar-refractivity contribution in [2.24, 2.45) is 0 Å². The Morgan fingerprint density at radius 3 is 1.35 bits per heavy atom. The van der Waals surface area contributed by atoms with Gasteiger partial charge in [-0.15, -0.1) is 0 Å². The molecule has 0 saturated carbocycles. The Bertz CT molecular complexity index is 3900. The molecule has 12 rings (SSSR count). The van der Waals surface area contributed by atoms with E-state index in [9.17, 15) is 0 Å². The van der Waals surface area contributed by atoms with Crippen LogP contribution < -0.4 is 15.8 Å². The smallest absolute Gasteiger partial charge is 0.333 e. The fraction of sp³-hybridized carbons (Fsp3) is 0.243. The van der Waals surface area contributed by atoms with Gasteiger partial charge in [0.1, 0.15) is 0 Å². The van der Waals surface area contributed by atoms with Gasteiger partial charge in [0.2, 0.25) is 0 Å². The number of nitrogens with zero attached hydrogens (tertiary/aromatic N) is 2. The maximum absolute atomic E-state index is 2.78. The second kappa shape index (κ2) is 18.0. The molecule has 0 aliphatic carbocycles. The van der Waals surface area contributed by atoms with Crippen molar-refractivity contribution >= 4 is 45.7 Å². The van der Waals surface area contributed by atoms with Crippen LogP contribution in [0.4, 0.5) is 17.1 Å². The lowest BCUT2D eigenvalue weighted by Gasteiger charge is -2.41. The SMILES string of the molecule is Cc1cccc(C)c1-c1c(-c2ccccc2)n2c3c(cc(C(C)(C)C)cc13)-c1cc(-c3ccc(C(C)(C)C)cc3)cc3c1B2c1cc(-c2ccc(C(C)(C)C)cc2)ccc1N3c1ccc(-c2ccc(C(C)(C)C)cc2)cc1. The van der Waals surface area contributed by atoms with Crippen LogP contribution in [0.1, 0.15) is 116 Å². The quantitative estimate of drug-likeness (QED) is 0.151. The highest BCUT2D eigenvalue weighted by Crippen LogP contribution is 2.52. The van der Waals surface area contributed by atoms with Crippen LogP contribution in [0.15, 0.2) is 188 Å². The zero-order valence-corrected chi connectivity index (χ0v) is 47.9. The Hall–Kier alpha value is -7.62. The van der Waals surface area contributed by atoms with E-state index in [2.05, 4.69) is 294 Å². The summed E-state index contributed by atoms with van der Waals surface area (Å²) < 4.78 is 2.78. The molecular weight excluding hydrogens is 928 g/mol. The van der Waals surface area contributed by atoms with Crippen LogP contribution in [0.3, 0.4) is 0 Å². The zero-order valence-electron chi connectivity index (χ0n) is 47.9. The summed E-state index contributed by atoms with van der Waals surface area (Å²) in [6, 6.07) is 72.7. The summed E-state index contributed by atoms with van der Waals surface area (Å²) in [5, 5.41) is 1.31. The van der Waals surface area contributed by atoms with Crippen molar-refractivity contribution in [2.75, 3.05) is 4.90 Å². The van der Waals surface area contributed by atoms with Gasteiger partial charge in [0.05, 0.1) is 0 Å². The lowest BCUT2D eigenvalue weighted by Crippen LogP contribution is -2.57. The average molecular weight is 1000 g/mol. The summed E-state index contributed by atoms with van der Waals surface area (Å²) >= 11 is 0. The van der Waals surface area contributed by atoms with Gasteiger partial charge in [-0.05, 0) is 172 Å². The highest BCUT2D eigenvalue weighted by atomic mass is 15.2. The first-order valence-electron chi connectivity index (χ1n) is 27.9. The second-order valence-electron chi connectivity index (χ2n) is 26.4. The molecule has 0 N–H and O–H groups in total. The van der Waals surface area contributed by atoms with E-state index in [1.165, 1.54) is 133 Å². The monoisotopic (exact) mass is 1000 g/mol. The van der Waals surface area contributed by atoms with E-state index in [0.717, 1.165) is 5.69 Å². The number of aryl methyl sites for hydroxylation is 2. The molecule has 10 aromatic rings. The van der Waals surface area contributed by atoms with E-state index in [1.807, 2.05) is 0 Å². The van der Waals surface area contributed by atoms with Crippen LogP contribution in [-0.2, 0) is 21.7 Å². The van der Waals surface area contributed by atoms with Crippen molar-refractivity contribution in [1.29, 1.82) is 0 Å². The molecule has 0 atom stereocenters. The molecule has 382 valence electrons. The highest BCUT2D eigenvalue weighted by molar-refractivity contribution is 6.90. The van der Waals surface area contributed by atoms with Gasteiger partial charge in [0.15, 0.2) is 0 Å². The maximum Gasteiger partial charge on any atom is 0.333 e. The van der Waals surface area contributed by atoms with Crippen LogP contribution in [0.5, 0.6) is 0 Å². The summed E-state index contributed by atoms with van der Waals surface area (Å²) in [6.07, 6.45) is 0. The van der Waals surface area contributed by atoms with Crippen LogP contribution in [-0.4, -0.2) is 11.3 Å². The molecule has 0 radical (unpaired) electrons. The molecular formula is C74H73BN2. The second-order valence-corrected chi connectivity index (χ2v) is 26.4. The summed E-state index contributed by atoms with van der Waals surface area (Å²) in [6.45, 7) is 32.2. The van der Waals surface area contributed by atoms with E-state index in [-0.39, 0.29) is 28.5 Å². The molecule has 0 saturated heterocycles. The number of rotatable bonds is 6. The minimum Gasteiger partial charge on any atom is -0.375 e. The van der Waals surface area contributed by atoms with E-state index in [0.29, 0.717) is 0 Å². The molecule has 0 spiro atoms. The third kappa shape index (κ3) is 8.58. The molecule has 0 bridgehead atoms. The van der Waals surface area contributed by atoms with Gasteiger partial charge in [-0.25, -0.2) is 0 Å². The Morgan fingerprint density at radius 1 is 0.351 bits per heavy atom. The first kappa shape index (κ1) is 50.2. The predicted molar refractivity (Wildman–Crippen MR) is 334 cm³/mol. The number of fused-ring (bicyclic) bond motifs is 4. The lowest BCUT2D eigenvalue weighted by atomic mass is 9.44. The maximum atomic E-state index is 2.78. The molecule has 77 heavy (non-hydrogen) atoms. The van der Waals surface area contributed by atoms with Gasteiger partial charge in [-0.2, -0.15) is 0 Å². The van der Waals surface area contributed by atoms with Gasteiger partial charge in [0, 0.05) is 44.8 Å². The largest absolute Gasteiger partial charge is 0.375 e. The summed E-state index contributed by atoms with van der Waals surface area (Å²) in [5.74, 6) is 0. The molecule has 1 aromatic heterocycles. The van der Waals surface area contributed by atoms with Crippen molar-refractivity contribution in [2.45, 2.75) is 119 Å². The Balaban J connectivity index is 1.21. The minimum absolute atomic E-state index is 0.0381. The van der Waals surface area contributed by atoms with Gasteiger partial charge in [0.25, 0.3) is 0 Å². The minimum atomic E-state index is -0.165. The van der Waals surface area contributed by atoms with Gasteiger partial charge in [-0.1, -0.05) is 229 Å². The number of aromatic nitrogens is 1. The van der Waals surface area contributed by atoms with Crippen molar-refractivity contribution in [1.82, 2.24) is 4.48 Å². The van der Waals surface area contributed by atoms with E-state index in [1.54, 1.807) is 0 Å². The predicted octanol–water partition coefficient (Wildman–Crippen LogP) is 19.2. The summed E-state index contributed by atoms with van der Waals surface area (Å²) in [4.78, 5) is 2.59. The zero-order chi connectivity index (χ0) is 54.1. The van der Waals surface area contributed by atoms with Gasteiger partial charge < -0.3 is 9.38 Å².